The molecular formula is C20H28N4O3S. The van der Waals surface area contributed by atoms with Gasteiger partial charge in [-0.05, 0) is 46.1 Å². The normalized spacial score (nSPS) is 20.2. The molecule has 0 radical (unpaired) electrons. The van der Waals surface area contributed by atoms with Crippen LogP contribution in [-0.4, -0.2) is 39.4 Å². The second-order valence-corrected chi connectivity index (χ2v) is 9.19. The van der Waals surface area contributed by atoms with Crippen molar-refractivity contribution < 1.29 is 14.4 Å². The Morgan fingerprint density at radius 3 is 2.64 bits per heavy atom. The lowest BCUT2D eigenvalue weighted by Crippen LogP contribution is -2.50. The van der Waals surface area contributed by atoms with Crippen molar-refractivity contribution in [3.63, 3.8) is 0 Å². The van der Waals surface area contributed by atoms with Crippen LogP contribution in [0.2, 0.25) is 0 Å². The number of hydrogen-bond acceptors (Lipinski definition) is 7. The first kappa shape index (κ1) is 20.7. The maximum absolute atomic E-state index is 12.8. The zero-order chi connectivity index (χ0) is 20.1. The molecule has 1 amide bonds. The molecule has 1 aliphatic rings. The Labute approximate surface area is 170 Å². The van der Waals surface area contributed by atoms with Crippen LogP contribution in [0, 0.1) is 6.92 Å². The van der Waals surface area contributed by atoms with Crippen molar-refractivity contribution in [2.24, 2.45) is 0 Å². The number of piperidine rings is 1. The van der Waals surface area contributed by atoms with Gasteiger partial charge in [0, 0.05) is 6.54 Å². The molecular weight excluding hydrogens is 376 g/mol. The number of carbonyl (C=O) groups is 1. The molecule has 1 fully saturated rings. The first-order valence-electron chi connectivity index (χ1n) is 9.52. The van der Waals surface area contributed by atoms with E-state index in [-0.39, 0.29) is 18.2 Å². The smallest absolute Gasteiger partial charge is 0.410 e. The minimum atomic E-state index is -0.553. The first-order chi connectivity index (χ1) is 13.3. The molecule has 0 unspecified atom stereocenters. The summed E-state index contributed by atoms with van der Waals surface area (Å²) in [5.74, 6) is 0. The van der Waals surface area contributed by atoms with Gasteiger partial charge in [0.1, 0.15) is 15.6 Å². The largest absolute Gasteiger partial charge is 0.444 e. The molecule has 0 saturated carbocycles. The molecule has 0 aliphatic carbocycles. The fourth-order valence-electron chi connectivity index (χ4n) is 3.11. The summed E-state index contributed by atoms with van der Waals surface area (Å²) >= 11 is 1.53. The van der Waals surface area contributed by atoms with Crippen LogP contribution in [-0.2, 0) is 16.2 Å². The number of carbonyl (C=O) groups excluding carboxylic acids is 1. The number of amides is 1. The molecule has 1 saturated heterocycles. The van der Waals surface area contributed by atoms with Gasteiger partial charge in [-0.25, -0.2) is 4.79 Å². The van der Waals surface area contributed by atoms with Crippen molar-refractivity contribution in [3.8, 4) is 0 Å². The van der Waals surface area contributed by atoms with Crippen molar-refractivity contribution in [2.45, 2.75) is 64.8 Å². The average Bonchev–Trinajstić information content (AvgIpc) is 3.07. The Kier molecular flexibility index (Phi) is 6.64. The Morgan fingerprint density at radius 2 is 2.00 bits per heavy atom. The topological polar surface area (TPSA) is 76.6 Å². The van der Waals surface area contributed by atoms with E-state index in [1.807, 2.05) is 58.0 Å². The van der Waals surface area contributed by atoms with Crippen LogP contribution in [0.3, 0.4) is 0 Å². The van der Waals surface area contributed by atoms with E-state index in [1.54, 1.807) is 4.90 Å². The zero-order valence-corrected chi connectivity index (χ0v) is 17.7. The summed E-state index contributed by atoms with van der Waals surface area (Å²) in [7, 11) is 0. The van der Waals surface area contributed by atoms with Crippen LogP contribution in [0.5, 0.6) is 0 Å². The molecule has 1 aromatic carbocycles. The predicted octanol–water partition coefficient (Wildman–Crippen LogP) is 4.01. The summed E-state index contributed by atoms with van der Waals surface area (Å²) in [5.41, 5.74) is 3.65. The maximum Gasteiger partial charge on any atom is 0.410 e. The van der Waals surface area contributed by atoms with Gasteiger partial charge in [-0.3, -0.25) is 9.74 Å². The van der Waals surface area contributed by atoms with Crippen LogP contribution in [0.4, 0.5) is 4.79 Å². The molecule has 0 spiro atoms. The summed E-state index contributed by atoms with van der Waals surface area (Å²) in [6.45, 7) is 8.51. The number of likely N-dealkylation sites (tertiary alicyclic amines) is 1. The van der Waals surface area contributed by atoms with Gasteiger partial charge in [-0.1, -0.05) is 41.7 Å². The second-order valence-electron chi connectivity index (χ2n) is 7.97. The monoisotopic (exact) mass is 404 g/mol. The SMILES string of the molecule is Cc1nnc([C@@H]2CC[C@@H](NOCc3ccccc3)CN2C(=O)OC(C)(C)C)s1. The van der Waals surface area contributed by atoms with Crippen molar-refractivity contribution in [1.29, 1.82) is 0 Å². The third kappa shape index (κ3) is 5.73. The van der Waals surface area contributed by atoms with Gasteiger partial charge >= 0.3 is 6.09 Å². The number of hydrogen-bond donors (Lipinski definition) is 1. The standard InChI is InChI=1S/C20H28N4O3S/c1-14-21-22-18(28-14)17-11-10-16(12-24(17)19(25)27-20(2,3)4)23-26-13-15-8-6-5-7-9-15/h5-9,16-17,23H,10-13H2,1-4H3/t16-,17+/m1/s1. The van der Waals surface area contributed by atoms with Gasteiger partial charge in [0.25, 0.3) is 0 Å². The van der Waals surface area contributed by atoms with Crippen molar-refractivity contribution in [2.75, 3.05) is 6.54 Å². The number of aryl methyl sites for hydroxylation is 1. The van der Waals surface area contributed by atoms with Crippen LogP contribution < -0.4 is 5.48 Å². The molecule has 2 heterocycles. The van der Waals surface area contributed by atoms with E-state index in [4.69, 9.17) is 9.57 Å². The van der Waals surface area contributed by atoms with Crippen LogP contribution in [0.25, 0.3) is 0 Å². The van der Waals surface area contributed by atoms with Gasteiger partial charge in [-0.15, -0.1) is 10.2 Å². The van der Waals surface area contributed by atoms with Crippen LogP contribution >= 0.6 is 11.3 Å². The third-order valence-corrected chi connectivity index (χ3v) is 5.31. The number of ether oxygens (including phenoxy) is 1. The Hall–Kier alpha value is -2.03. The lowest BCUT2D eigenvalue weighted by Gasteiger charge is -2.39. The molecule has 7 nitrogen and oxygen atoms in total. The van der Waals surface area contributed by atoms with Crippen LogP contribution in [0.1, 0.15) is 55.2 Å². The van der Waals surface area contributed by atoms with Crippen molar-refractivity contribution >= 4 is 17.4 Å². The Morgan fingerprint density at radius 1 is 1.25 bits per heavy atom. The van der Waals surface area contributed by atoms with Crippen LogP contribution in [0.15, 0.2) is 30.3 Å². The molecule has 8 heteroatoms. The minimum Gasteiger partial charge on any atom is -0.444 e. The van der Waals surface area contributed by atoms with E-state index < -0.39 is 5.60 Å². The quantitative estimate of drug-likeness (QED) is 0.759. The third-order valence-electron chi connectivity index (χ3n) is 4.37. The first-order valence-corrected chi connectivity index (χ1v) is 10.3. The highest BCUT2D eigenvalue weighted by atomic mass is 32.1. The summed E-state index contributed by atoms with van der Waals surface area (Å²) in [4.78, 5) is 20.3. The van der Waals surface area contributed by atoms with E-state index in [9.17, 15) is 4.79 Å². The van der Waals surface area contributed by atoms with E-state index in [0.717, 1.165) is 28.4 Å². The minimum absolute atomic E-state index is 0.0292. The second kappa shape index (κ2) is 8.98. The number of benzene rings is 1. The molecule has 2 atom stereocenters. The molecule has 2 aromatic rings. The number of nitrogens with zero attached hydrogens (tertiary/aromatic N) is 3. The van der Waals surface area contributed by atoms with E-state index in [1.165, 1.54) is 11.3 Å². The molecule has 3 rings (SSSR count). The lowest BCUT2D eigenvalue weighted by atomic mass is 9.99. The van der Waals surface area contributed by atoms with Crippen molar-refractivity contribution in [3.05, 3.63) is 45.9 Å². The summed E-state index contributed by atoms with van der Waals surface area (Å²) in [6.07, 6.45) is 1.32. The van der Waals surface area contributed by atoms with E-state index >= 15 is 0 Å². The summed E-state index contributed by atoms with van der Waals surface area (Å²) in [5, 5.41) is 10.1. The fourth-order valence-corrected chi connectivity index (χ4v) is 3.96. The predicted molar refractivity (Wildman–Crippen MR) is 108 cm³/mol. The molecule has 0 bridgehead atoms. The number of hydroxylamine groups is 1. The zero-order valence-electron chi connectivity index (χ0n) is 16.8. The summed E-state index contributed by atoms with van der Waals surface area (Å²) < 4.78 is 5.63. The number of nitrogens with one attached hydrogen (secondary N) is 1. The highest BCUT2D eigenvalue weighted by Gasteiger charge is 2.37. The lowest BCUT2D eigenvalue weighted by molar-refractivity contribution is -0.0336. The average molecular weight is 405 g/mol. The van der Waals surface area contributed by atoms with Gasteiger partial charge in [0.15, 0.2) is 0 Å². The van der Waals surface area contributed by atoms with Gasteiger partial charge in [0.05, 0.1) is 18.7 Å². The molecule has 1 aromatic heterocycles. The Balaban J connectivity index is 1.64. The highest BCUT2D eigenvalue weighted by molar-refractivity contribution is 7.11. The van der Waals surface area contributed by atoms with E-state index in [2.05, 4.69) is 15.7 Å². The maximum atomic E-state index is 12.8. The van der Waals surface area contributed by atoms with Gasteiger partial charge in [0.2, 0.25) is 0 Å². The van der Waals surface area contributed by atoms with Crippen molar-refractivity contribution in [1.82, 2.24) is 20.6 Å². The molecule has 1 aliphatic heterocycles. The summed E-state index contributed by atoms with van der Waals surface area (Å²) in [6, 6.07) is 9.89. The molecule has 1 N–H and O–H groups in total. The van der Waals surface area contributed by atoms with Gasteiger partial charge in [-0.2, -0.15) is 5.48 Å². The van der Waals surface area contributed by atoms with E-state index in [0.29, 0.717) is 13.2 Å². The Bertz CT molecular complexity index is 775. The molecule has 28 heavy (non-hydrogen) atoms. The molecule has 152 valence electrons. The fraction of sp³-hybridized carbons (Fsp3) is 0.550. The number of rotatable bonds is 5. The number of aromatic nitrogens is 2. The van der Waals surface area contributed by atoms with Gasteiger partial charge < -0.3 is 4.74 Å². The highest BCUT2D eigenvalue weighted by Crippen LogP contribution is 2.33.